The van der Waals surface area contributed by atoms with E-state index >= 15 is 0 Å². The van der Waals surface area contributed by atoms with Gasteiger partial charge in [-0.1, -0.05) is 0 Å². The maximum atomic E-state index is 13.8. The van der Waals surface area contributed by atoms with Crippen LogP contribution in [-0.2, 0) is 23.6 Å². The number of aromatic nitrogens is 2. The smallest absolute Gasteiger partial charge is 0.265 e. The minimum atomic E-state index is -4.28. The molecule has 3 N–H and O–H groups in total. The summed E-state index contributed by atoms with van der Waals surface area (Å²) in [7, 11) is -2.67. The van der Waals surface area contributed by atoms with Crippen molar-refractivity contribution in [3.63, 3.8) is 0 Å². The number of rotatable bonds is 4. The molecular formula is C12H14F2N4O2S. The van der Waals surface area contributed by atoms with Crippen LogP contribution in [0.5, 0.6) is 0 Å². The summed E-state index contributed by atoms with van der Waals surface area (Å²) >= 11 is 0. The molecule has 0 amide bonds. The number of hydrogen-bond donors (Lipinski definition) is 2. The minimum absolute atomic E-state index is 0.106. The SMILES string of the molecule is Cc1nn(C)cc1NS(=O)(=O)c1cc(CN)cc(F)c1F. The second kappa shape index (κ2) is 5.41. The van der Waals surface area contributed by atoms with E-state index in [0.29, 0.717) is 5.69 Å². The molecule has 0 aliphatic heterocycles. The van der Waals surface area contributed by atoms with E-state index in [1.807, 2.05) is 0 Å². The topological polar surface area (TPSA) is 90.0 Å². The number of anilines is 1. The number of nitrogens with two attached hydrogens (primary N) is 1. The van der Waals surface area contributed by atoms with Gasteiger partial charge in [0.15, 0.2) is 11.6 Å². The van der Waals surface area contributed by atoms with Crippen molar-refractivity contribution in [3.8, 4) is 0 Å². The highest BCUT2D eigenvalue weighted by atomic mass is 32.2. The Bertz CT molecular complexity index is 787. The van der Waals surface area contributed by atoms with Crippen LogP contribution in [0, 0.1) is 18.6 Å². The molecule has 0 aliphatic carbocycles. The summed E-state index contributed by atoms with van der Waals surface area (Å²) in [5, 5.41) is 3.96. The maximum absolute atomic E-state index is 13.8. The third-order valence-corrected chi connectivity index (χ3v) is 4.20. The second-order valence-electron chi connectivity index (χ2n) is 4.50. The number of hydrogen-bond acceptors (Lipinski definition) is 4. The fourth-order valence-electron chi connectivity index (χ4n) is 1.83. The van der Waals surface area contributed by atoms with Gasteiger partial charge < -0.3 is 5.73 Å². The summed E-state index contributed by atoms with van der Waals surface area (Å²) in [5.41, 5.74) is 6.13. The lowest BCUT2D eigenvalue weighted by Gasteiger charge is -2.10. The second-order valence-corrected chi connectivity index (χ2v) is 6.15. The van der Waals surface area contributed by atoms with Crippen LogP contribution in [0.3, 0.4) is 0 Å². The molecule has 0 atom stereocenters. The Hall–Kier alpha value is -2.00. The maximum Gasteiger partial charge on any atom is 0.265 e. The molecule has 9 heteroatoms. The zero-order chi connectivity index (χ0) is 15.8. The molecule has 6 nitrogen and oxygen atoms in total. The Morgan fingerprint density at radius 2 is 2.05 bits per heavy atom. The largest absolute Gasteiger partial charge is 0.326 e. The Labute approximate surface area is 120 Å². The van der Waals surface area contributed by atoms with Crippen LogP contribution in [0.4, 0.5) is 14.5 Å². The molecule has 0 fully saturated rings. The molecule has 114 valence electrons. The summed E-state index contributed by atoms with van der Waals surface area (Å²) in [4.78, 5) is -0.786. The zero-order valence-electron chi connectivity index (χ0n) is 11.4. The van der Waals surface area contributed by atoms with Crippen molar-refractivity contribution >= 4 is 15.7 Å². The molecule has 0 spiro atoms. The first-order chi connectivity index (χ1) is 9.74. The van der Waals surface area contributed by atoms with Crippen molar-refractivity contribution in [1.82, 2.24) is 9.78 Å². The van der Waals surface area contributed by atoms with E-state index in [1.165, 1.54) is 10.9 Å². The fraction of sp³-hybridized carbons (Fsp3) is 0.250. The molecule has 0 bridgehead atoms. The van der Waals surface area contributed by atoms with Crippen LogP contribution in [0.1, 0.15) is 11.3 Å². The van der Waals surface area contributed by atoms with E-state index < -0.39 is 26.6 Å². The number of nitrogens with zero attached hydrogens (tertiary/aromatic N) is 2. The third kappa shape index (κ3) is 3.03. The third-order valence-electron chi connectivity index (χ3n) is 2.84. The lowest BCUT2D eigenvalue weighted by atomic mass is 10.2. The molecule has 1 heterocycles. The first kappa shape index (κ1) is 15.4. The van der Waals surface area contributed by atoms with Crippen LogP contribution in [-0.4, -0.2) is 18.2 Å². The molecule has 2 aromatic rings. The Kier molecular flexibility index (Phi) is 3.97. The average molecular weight is 316 g/mol. The molecule has 0 radical (unpaired) electrons. The van der Waals surface area contributed by atoms with Gasteiger partial charge in [0, 0.05) is 19.8 Å². The number of halogens is 2. The Morgan fingerprint density at radius 1 is 1.38 bits per heavy atom. The molecular weight excluding hydrogens is 302 g/mol. The highest BCUT2D eigenvalue weighted by Crippen LogP contribution is 2.23. The summed E-state index contributed by atoms with van der Waals surface area (Å²) in [6.07, 6.45) is 1.42. The summed E-state index contributed by atoms with van der Waals surface area (Å²) in [6.45, 7) is 1.48. The predicted octanol–water partition coefficient (Wildman–Crippen LogP) is 1.27. The van der Waals surface area contributed by atoms with Crippen molar-refractivity contribution in [1.29, 1.82) is 0 Å². The molecule has 1 aromatic heterocycles. The normalized spacial score (nSPS) is 11.7. The van der Waals surface area contributed by atoms with Crippen molar-refractivity contribution in [3.05, 3.63) is 41.2 Å². The van der Waals surface area contributed by atoms with Gasteiger partial charge in [-0.3, -0.25) is 9.40 Å². The lowest BCUT2D eigenvalue weighted by Crippen LogP contribution is -2.16. The highest BCUT2D eigenvalue weighted by Gasteiger charge is 2.24. The molecule has 0 saturated heterocycles. The van der Waals surface area contributed by atoms with Gasteiger partial charge in [-0.15, -0.1) is 0 Å². The highest BCUT2D eigenvalue weighted by molar-refractivity contribution is 7.92. The van der Waals surface area contributed by atoms with Crippen LogP contribution < -0.4 is 10.5 Å². The number of benzene rings is 1. The first-order valence-electron chi connectivity index (χ1n) is 5.95. The zero-order valence-corrected chi connectivity index (χ0v) is 12.2. The van der Waals surface area contributed by atoms with E-state index in [0.717, 1.165) is 12.1 Å². The van der Waals surface area contributed by atoms with Gasteiger partial charge in [-0.25, -0.2) is 17.2 Å². The van der Waals surface area contributed by atoms with Gasteiger partial charge in [-0.2, -0.15) is 5.10 Å². The van der Waals surface area contributed by atoms with Crippen molar-refractivity contribution in [2.24, 2.45) is 12.8 Å². The van der Waals surface area contributed by atoms with Gasteiger partial charge in [-0.05, 0) is 24.6 Å². The Morgan fingerprint density at radius 3 is 2.57 bits per heavy atom. The van der Waals surface area contributed by atoms with Crippen LogP contribution in [0.2, 0.25) is 0 Å². The number of sulfonamides is 1. The fourth-order valence-corrected chi connectivity index (χ4v) is 3.07. The van der Waals surface area contributed by atoms with E-state index in [2.05, 4.69) is 9.82 Å². The van der Waals surface area contributed by atoms with Gasteiger partial charge >= 0.3 is 0 Å². The molecule has 0 aliphatic rings. The van der Waals surface area contributed by atoms with E-state index in [4.69, 9.17) is 5.73 Å². The first-order valence-corrected chi connectivity index (χ1v) is 7.44. The van der Waals surface area contributed by atoms with Crippen LogP contribution in [0.15, 0.2) is 23.2 Å². The van der Waals surface area contributed by atoms with Crippen LogP contribution >= 0.6 is 0 Å². The van der Waals surface area contributed by atoms with Gasteiger partial charge in [0.1, 0.15) is 4.90 Å². The van der Waals surface area contributed by atoms with Crippen molar-refractivity contribution < 1.29 is 17.2 Å². The Balaban J connectivity index is 2.49. The molecule has 2 rings (SSSR count). The molecule has 0 saturated carbocycles. The van der Waals surface area contributed by atoms with Gasteiger partial charge in [0.2, 0.25) is 0 Å². The lowest BCUT2D eigenvalue weighted by molar-refractivity contribution is 0.483. The quantitative estimate of drug-likeness (QED) is 0.889. The molecule has 0 unspecified atom stereocenters. The predicted molar refractivity (Wildman–Crippen MR) is 73.0 cm³/mol. The van der Waals surface area contributed by atoms with E-state index in [1.54, 1.807) is 14.0 Å². The van der Waals surface area contributed by atoms with Crippen molar-refractivity contribution in [2.75, 3.05) is 4.72 Å². The van der Waals surface area contributed by atoms with E-state index in [9.17, 15) is 17.2 Å². The summed E-state index contributed by atoms with van der Waals surface area (Å²) < 4.78 is 55.2. The molecule has 21 heavy (non-hydrogen) atoms. The molecule has 1 aromatic carbocycles. The van der Waals surface area contributed by atoms with Gasteiger partial charge in [0.25, 0.3) is 10.0 Å². The van der Waals surface area contributed by atoms with Crippen molar-refractivity contribution in [2.45, 2.75) is 18.4 Å². The average Bonchev–Trinajstić information content (AvgIpc) is 2.70. The van der Waals surface area contributed by atoms with Gasteiger partial charge in [0.05, 0.1) is 11.4 Å². The standard InChI is InChI=1S/C12H14F2N4O2S/c1-7-10(6-18(2)16-7)17-21(19,20)11-4-8(5-15)3-9(13)12(11)14/h3-4,6,17H,5,15H2,1-2H3. The number of nitrogens with one attached hydrogen (secondary N) is 1. The number of aryl methyl sites for hydroxylation is 2. The summed E-state index contributed by atoms with van der Waals surface area (Å²) in [6, 6.07) is 1.87. The monoisotopic (exact) mass is 316 g/mol. The minimum Gasteiger partial charge on any atom is -0.326 e. The van der Waals surface area contributed by atoms with Crippen LogP contribution in [0.25, 0.3) is 0 Å². The van der Waals surface area contributed by atoms with E-state index in [-0.39, 0.29) is 17.8 Å². The summed E-state index contributed by atoms with van der Waals surface area (Å²) in [5.74, 6) is -2.71.